The normalized spacial score (nSPS) is 12.6. The number of hydrogen-bond donors (Lipinski definition) is 0. The third-order valence-corrected chi connectivity index (χ3v) is 5.10. The van der Waals surface area contributed by atoms with E-state index in [1.807, 2.05) is 18.2 Å². The van der Waals surface area contributed by atoms with Crippen molar-refractivity contribution in [3.8, 4) is 22.9 Å². The first-order chi connectivity index (χ1) is 12.7. The number of ether oxygens (including phenoxy) is 2. The number of aryl methyl sites for hydroxylation is 1. The minimum Gasteiger partial charge on any atom is -0.497 e. The molecule has 1 aliphatic rings. The summed E-state index contributed by atoms with van der Waals surface area (Å²) < 4.78 is 12.5. The van der Waals surface area contributed by atoms with Gasteiger partial charge in [-0.05, 0) is 24.6 Å². The minimum absolute atomic E-state index is 0. The zero-order chi connectivity index (χ0) is 18.1. The fraction of sp³-hybridized carbons (Fsp3) is 0.211. The third kappa shape index (κ3) is 3.79. The van der Waals surface area contributed by atoms with Crippen LogP contribution in [0.5, 0.6) is 11.5 Å². The van der Waals surface area contributed by atoms with Gasteiger partial charge < -0.3 is 9.47 Å². The molecule has 8 heteroatoms. The van der Waals surface area contributed by atoms with Gasteiger partial charge in [0.05, 0.1) is 19.9 Å². The van der Waals surface area contributed by atoms with Gasteiger partial charge in [-0.25, -0.2) is 0 Å². The van der Waals surface area contributed by atoms with Gasteiger partial charge in [-0.15, -0.1) is 22.6 Å². The van der Waals surface area contributed by atoms with Crippen LogP contribution in [0.1, 0.15) is 11.1 Å². The first-order valence-corrected chi connectivity index (χ1v) is 9.13. The smallest absolute Gasteiger partial charge is 0.212 e. The molecule has 0 saturated carbocycles. The molecule has 0 N–H and O–H groups in total. The van der Waals surface area contributed by atoms with E-state index >= 15 is 0 Å². The Labute approximate surface area is 168 Å². The van der Waals surface area contributed by atoms with Gasteiger partial charge in [0, 0.05) is 17.4 Å². The molecule has 2 aromatic carbocycles. The van der Waals surface area contributed by atoms with Crippen molar-refractivity contribution >= 4 is 29.9 Å². The molecule has 0 unspecified atom stereocenters. The highest BCUT2D eigenvalue weighted by molar-refractivity contribution is 7.99. The Morgan fingerprint density at radius 2 is 1.59 bits per heavy atom. The van der Waals surface area contributed by atoms with Crippen molar-refractivity contribution in [2.75, 3.05) is 20.0 Å². The standard InChI is InChI=1S/C19H18N4O2S.ClH/c1-12-4-6-13(7-5-12)17-11-26-19-21-20-18(23(19)22-17)14-8-15(24-2)10-16(9-14)25-3;/h4-10H,11H2,1-3H3;1H. The van der Waals surface area contributed by atoms with E-state index in [-0.39, 0.29) is 12.4 Å². The van der Waals surface area contributed by atoms with Crippen molar-refractivity contribution in [1.29, 1.82) is 0 Å². The third-order valence-electron chi connectivity index (χ3n) is 4.17. The minimum atomic E-state index is 0. The predicted molar refractivity (Wildman–Crippen MR) is 110 cm³/mol. The van der Waals surface area contributed by atoms with E-state index in [9.17, 15) is 0 Å². The Morgan fingerprint density at radius 3 is 2.22 bits per heavy atom. The molecule has 6 nitrogen and oxygen atoms in total. The van der Waals surface area contributed by atoms with Gasteiger partial charge in [-0.3, -0.25) is 0 Å². The first-order valence-electron chi connectivity index (χ1n) is 8.14. The molecule has 0 saturated heterocycles. The highest BCUT2D eigenvalue weighted by Gasteiger charge is 2.21. The number of benzene rings is 2. The second kappa shape index (κ2) is 8.02. The Morgan fingerprint density at radius 1 is 0.926 bits per heavy atom. The number of fused-ring (bicyclic) bond motifs is 1. The molecule has 0 amide bonds. The summed E-state index contributed by atoms with van der Waals surface area (Å²) in [7, 11) is 3.25. The second-order valence-electron chi connectivity index (χ2n) is 5.92. The van der Waals surface area contributed by atoms with E-state index in [0.717, 1.165) is 27.7 Å². The van der Waals surface area contributed by atoms with E-state index < -0.39 is 0 Å². The maximum absolute atomic E-state index is 5.36. The molecule has 4 rings (SSSR count). The van der Waals surface area contributed by atoms with Crippen molar-refractivity contribution in [3.63, 3.8) is 0 Å². The quantitative estimate of drug-likeness (QED) is 0.658. The van der Waals surface area contributed by atoms with E-state index in [2.05, 4.69) is 41.4 Å². The summed E-state index contributed by atoms with van der Waals surface area (Å²) in [5, 5.41) is 14.2. The largest absolute Gasteiger partial charge is 0.497 e. The van der Waals surface area contributed by atoms with E-state index in [1.165, 1.54) is 5.56 Å². The van der Waals surface area contributed by atoms with Crippen molar-refractivity contribution < 1.29 is 9.47 Å². The molecule has 140 valence electrons. The zero-order valence-electron chi connectivity index (χ0n) is 15.2. The average Bonchev–Trinajstić information content (AvgIpc) is 3.11. The molecule has 0 bridgehead atoms. The van der Waals surface area contributed by atoms with Gasteiger partial charge in [0.2, 0.25) is 5.16 Å². The number of rotatable bonds is 4. The number of thioether (sulfide) groups is 1. The number of hydrogen-bond acceptors (Lipinski definition) is 6. The number of methoxy groups -OCH3 is 2. The average molecular weight is 403 g/mol. The second-order valence-corrected chi connectivity index (χ2v) is 6.86. The predicted octanol–water partition coefficient (Wildman–Crippen LogP) is 4.05. The molecule has 0 atom stereocenters. The molecule has 27 heavy (non-hydrogen) atoms. The Bertz CT molecular complexity index is 964. The van der Waals surface area contributed by atoms with Gasteiger partial charge in [-0.2, -0.15) is 9.78 Å². The lowest BCUT2D eigenvalue weighted by Gasteiger charge is -2.14. The van der Waals surface area contributed by atoms with Crippen LogP contribution in [0.15, 0.2) is 52.7 Å². The molecule has 3 aromatic rings. The van der Waals surface area contributed by atoms with E-state index in [4.69, 9.17) is 14.6 Å². The Hall–Kier alpha value is -2.51. The lowest BCUT2D eigenvalue weighted by Crippen LogP contribution is -2.13. The number of halogens is 1. The molecule has 1 aliphatic heterocycles. The number of nitrogens with zero attached hydrogens (tertiary/aromatic N) is 4. The van der Waals surface area contributed by atoms with Gasteiger partial charge >= 0.3 is 0 Å². The van der Waals surface area contributed by atoms with Crippen molar-refractivity contribution in [2.24, 2.45) is 5.10 Å². The summed E-state index contributed by atoms with van der Waals surface area (Å²) >= 11 is 1.63. The first kappa shape index (κ1) is 19.3. The molecule has 0 fully saturated rings. The van der Waals surface area contributed by atoms with Crippen LogP contribution in [0.3, 0.4) is 0 Å². The monoisotopic (exact) mass is 402 g/mol. The SMILES string of the molecule is COc1cc(OC)cc(-c2nnc3n2N=C(c2ccc(C)cc2)CS3)c1.Cl. The van der Waals surface area contributed by atoms with Crippen LogP contribution in [-0.2, 0) is 0 Å². The molecule has 0 radical (unpaired) electrons. The molecule has 0 aliphatic carbocycles. The maximum atomic E-state index is 5.36. The summed E-state index contributed by atoms with van der Waals surface area (Å²) in [5.74, 6) is 2.82. The molecule has 0 spiro atoms. The van der Waals surface area contributed by atoms with Gasteiger partial charge in [0.25, 0.3) is 0 Å². The lowest BCUT2D eigenvalue weighted by molar-refractivity contribution is 0.394. The van der Waals surface area contributed by atoms with Crippen molar-refractivity contribution in [1.82, 2.24) is 14.9 Å². The lowest BCUT2D eigenvalue weighted by atomic mass is 10.1. The molecule has 1 aromatic heterocycles. The van der Waals surface area contributed by atoms with Gasteiger partial charge in [0.1, 0.15) is 11.5 Å². The molecule has 2 heterocycles. The van der Waals surface area contributed by atoms with Crippen LogP contribution in [0.2, 0.25) is 0 Å². The van der Waals surface area contributed by atoms with Crippen LogP contribution in [0, 0.1) is 6.92 Å². The van der Waals surface area contributed by atoms with Crippen LogP contribution >= 0.6 is 24.2 Å². The summed E-state index contributed by atoms with van der Waals surface area (Å²) in [6, 6.07) is 14.0. The topological polar surface area (TPSA) is 61.5 Å². The van der Waals surface area contributed by atoms with Crippen LogP contribution < -0.4 is 9.47 Å². The molecular formula is C19H19ClN4O2S. The van der Waals surface area contributed by atoms with Crippen LogP contribution in [0.4, 0.5) is 0 Å². The summed E-state index contributed by atoms with van der Waals surface area (Å²) in [6.07, 6.45) is 0. The number of aromatic nitrogens is 3. The highest BCUT2D eigenvalue weighted by Crippen LogP contribution is 2.32. The summed E-state index contributed by atoms with van der Waals surface area (Å²) in [5.41, 5.74) is 4.18. The Balaban J connectivity index is 0.00000210. The fourth-order valence-corrected chi connectivity index (χ4v) is 3.57. The maximum Gasteiger partial charge on any atom is 0.212 e. The Kier molecular flexibility index (Phi) is 5.72. The fourth-order valence-electron chi connectivity index (χ4n) is 2.73. The van der Waals surface area contributed by atoms with Crippen LogP contribution in [-0.4, -0.2) is 40.6 Å². The summed E-state index contributed by atoms with van der Waals surface area (Å²) in [6.45, 7) is 2.08. The van der Waals surface area contributed by atoms with Crippen molar-refractivity contribution in [2.45, 2.75) is 12.1 Å². The van der Waals surface area contributed by atoms with E-state index in [1.54, 1.807) is 30.7 Å². The zero-order valence-corrected chi connectivity index (χ0v) is 16.8. The molecular weight excluding hydrogens is 384 g/mol. The van der Waals surface area contributed by atoms with Gasteiger partial charge in [0.15, 0.2) is 5.82 Å². The van der Waals surface area contributed by atoms with Crippen LogP contribution in [0.25, 0.3) is 11.4 Å². The van der Waals surface area contributed by atoms with E-state index in [0.29, 0.717) is 17.3 Å². The highest BCUT2D eigenvalue weighted by atomic mass is 35.5. The summed E-state index contributed by atoms with van der Waals surface area (Å²) in [4.78, 5) is 0. The van der Waals surface area contributed by atoms with Crippen molar-refractivity contribution in [3.05, 3.63) is 53.6 Å². The van der Waals surface area contributed by atoms with Gasteiger partial charge in [-0.1, -0.05) is 41.6 Å².